The Morgan fingerprint density at radius 3 is 2.60 bits per heavy atom. The summed E-state index contributed by atoms with van der Waals surface area (Å²) >= 11 is 0. The van der Waals surface area contributed by atoms with E-state index in [0.717, 1.165) is 31.6 Å². The standard InChI is InChI=1S/C14H25N3O2S/c1-11-14(12(2)17(4)15-11)9-16(3)7-5-13-6-8-20(18,19)10-13/h13H,5-10H2,1-4H3/t13-/m0/s1. The van der Waals surface area contributed by atoms with Gasteiger partial charge in [0.15, 0.2) is 9.84 Å². The van der Waals surface area contributed by atoms with Crippen LogP contribution in [-0.4, -0.2) is 48.2 Å². The van der Waals surface area contributed by atoms with Gasteiger partial charge in [0, 0.05) is 24.8 Å². The summed E-state index contributed by atoms with van der Waals surface area (Å²) in [4.78, 5) is 2.27. The van der Waals surface area contributed by atoms with E-state index >= 15 is 0 Å². The topological polar surface area (TPSA) is 55.2 Å². The predicted octanol–water partition coefficient (Wildman–Crippen LogP) is 1.29. The summed E-state index contributed by atoms with van der Waals surface area (Å²) in [6, 6.07) is 0. The Hall–Kier alpha value is -0.880. The van der Waals surface area contributed by atoms with Crippen LogP contribution in [0.3, 0.4) is 0 Å². The molecule has 1 aromatic rings. The molecule has 2 heterocycles. The van der Waals surface area contributed by atoms with Gasteiger partial charge in [0.1, 0.15) is 0 Å². The van der Waals surface area contributed by atoms with Crippen LogP contribution in [0.5, 0.6) is 0 Å². The van der Waals surface area contributed by atoms with Gasteiger partial charge in [-0.25, -0.2) is 8.42 Å². The molecule has 0 radical (unpaired) electrons. The Kier molecular flexibility index (Phi) is 4.54. The van der Waals surface area contributed by atoms with Gasteiger partial charge >= 0.3 is 0 Å². The van der Waals surface area contributed by atoms with E-state index in [0.29, 0.717) is 17.4 Å². The third kappa shape index (κ3) is 3.61. The van der Waals surface area contributed by atoms with Crippen molar-refractivity contribution < 1.29 is 8.42 Å². The van der Waals surface area contributed by atoms with Gasteiger partial charge in [-0.05, 0) is 46.2 Å². The van der Waals surface area contributed by atoms with Crippen molar-refractivity contribution in [1.82, 2.24) is 14.7 Å². The van der Waals surface area contributed by atoms with E-state index in [2.05, 4.69) is 24.0 Å². The Labute approximate surface area is 121 Å². The van der Waals surface area contributed by atoms with E-state index < -0.39 is 9.84 Å². The van der Waals surface area contributed by atoms with E-state index in [1.54, 1.807) is 0 Å². The van der Waals surface area contributed by atoms with Crippen LogP contribution in [0, 0.1) is 19.8 Å². The maximum Gasteiger partial charge on any atom is 0.150 e. The molecule has 0 N–H and O–H groups in total. The number of nitrogens with zero attached hydrogens (tertiary/aromatic N) is 3. The van der Waals surface area contributed by atoms with E-state index in [1.165, 1.54) is 11.3 Å². The highest BCUT2D eigenvalue weighted by atomic mass is 32.2. The Balaban J connectivity index is 1.85. The molecule has 6 heteroatoms. The molecule has 20 heavy (non-hydrogen) atoms. The van der Waals surface area contributed by atoms with E-state index in [4.69, 9.17) is 0 Å². The SMILES string of the molecule is Cc1nn(C)c(C)c1CN(C)CC[C@H]1CCS(=O)(=O)C1. The lowest BCUT2D eigenvalue weighted by molar-refractivity contribution is 0.298. The summed E-state index contributed by atoms with van der Waals surface area (Å²) in [5, 5.41) is 4.43. The van der Waals surface area contributed by atoms with Gasteiger partial charge in [-0.1, -0.05) is 0 Å². The molecule has 0 unspecified atom stereocenters. The summed E-state index contributed by atoms with van der Waals surface area (Å²) in [6.45, 7) is 5.95. The summed E-state index contributed by atoms with van der Waals surface area (Å²) < 4.78 is 24.8. The zero-order valence-electron chi connectivity index (χ0n) is 12.9. The lowest BCUT2D eigenvalue weighted by Crippen LogP contribution is -2.22. The van der Waals surface area contributed by atoms with Crippen molar-refractivity contribution in [2.75, 3.05) is 25.1 Å². The fourth-order valence-electron chi connectivity index (χ4n) is 2.90. The lowest BCUT2D eigenvalue weighted by Gasteiger charge is -2.18. The number of sulfone groups is 1. The Morgan fingerprint density at radius 2 is 2.10 bits per heavy atom. The van der Waals surface area contributed by atoms with Crippen molar-refractivity contribution in [2.45, 2.75) is 33.2 Å². The second-order valence-corrected chi connectivity index (χ2v) is 8.30. The molecule has 114 valence electrons. The predicted molar refractivity (Wildman–Crippen MR) is 80.4 cm³/mol. The van der Waals surface area contributed by atoms with Gasteiger partial charge < -0.3 is 4.90 Å². The summed E-state index contributed by atoms with van der Waals surface area (Å²) in [6.07, 6.45) is 1.80. The lowest BCUT2D eigenvalue weighted by atomic mass is 10.0. The van der Waals surface area contributed by atoms with Crippen molar-refractivity contribution >= 4 is 9.84 Å². The fourth-order valence-corrected chi connectivity index (χ4v) is 4.81. The van der Waals surface area contributed by atoms with Gasteiger partial charge in [-0.3, -0.25) is 4.68 Å². The normalized spacial score (nSPS) is 21.8. The zero-order valence-corrected chi connectivity index (χ0v) is 13.7. The van der Waals surface area contributed by atoms with Crippen molar-refractivity contribution in [3.05, 3.63) is 17.0 Å². The van der Waals surface area contributed by atoms with Crippen LogP contribution in [0.15, 0.2) is 0 Å². The first-order chi connectivity index (χ1) is 9.28. The fraction of sp³-hybridized carbons (Fsp3) is 0.786. The number of hydrogen-bond acceptors (Lipinski definition) is 4. The van der Waals surface area contributed by atoms with Crippen LogP contribution in [0.4, 0.5) is 0 Å². The minimum atomic E-state index is -2.74. The number of aryl methyl sites for hydroxylation is 2. The van der Waals surface area contributed by atoms with Crippen molar-refractivity contribution in [3.63, 3.8) is 0 Å². The van der Waals surface area contributed by atoms with E-state index in [9.17, 15) is 8.42 Å². The molecular weight excluding hydrogens is 274 g/mol. The average Bonchev–Trinajstić information content (AvgIpc) is 2.81. The van der Waals surface area contributed by atoms with Gasteiger partial charge in [0.25, 0.3) is 0 Å². The quantitative estimate of drug-likeness (QED) is 0.822. The molecule has 0 bridgehead atoms. The number of rotatable bonds is 5. The second kappa shape index (κ2) is 5.85. The molecular formula is C14H25N3O2S. The zero-order chi connectivity index (χ0) is 14.9. The Bertz CT molecular complexity index is 577. The molecule has 0 spiro atoms. The largest absolute Gasteiger partial charge is 0.302 e. The summed E-state index contributed by atoms with van der Waals surface area (Å²) in [5.41, 5.74) is 3.58. The second-order valence-electron chi connectivity index (χ2n) is 6.07. The molecule has 1 saturated heterocycles. The van der Waals surface area contributed by atoms with Gasteiger partial charge in [-0.2, -0.15) is 5.10 Å². The van der Waals surface area contributed by atoms with Crippen LogP contribution in [0.25, 0.3) is 0 Å². The molecule has 2 rings (SSSR count). The van der Waals surface area contributed by atoms with Crippen LogP contribution in [0.2, 0.25) is 0 Å². The molecule has 1 atom stereocenters. The molecule has 0 aliphatic carbocycles. The van der Waals surface area contributed by atoms with Gasteiger partial charge in [0.05, 0.1) is 17.2 Å². The molecule has 1 aromatic heterocycles. The highest BCUT2D eigenvalue weighted by molar-refractivity contribution is 7.91. The van der Waals surface area contributed by atoms with Crippen LogP contribution in [0.1, 0.15) is 29.8 Å². The van der Waals surface area contributed by atoms with Crippen LogP contribution >= 0.6 is 0 Å². The highest BCUT2D eigenvalue weighted by Crippen LogP contribution is 2.22. The van der Waals surface area contributed by atoms with Crippen LogP contribution in [-0.2, 0) is 23.4 Å². The molecule has 1 aliphatic heterocycles. The third-order valence-corrected chi connectivity index (χ3v) is 6.17. The average molecular weight is 299 g/mol. The first-order valence-electron chi connectivity index (χ1n) is 7.16. The Morgan fingerprint density at radius 1 is 1.40 bits per heavy atom. The molecule has 0 aromatic carbocycles. The van der Waals surface area contributed by atoms with E-state index in [1.807, 2.05) is 18.7 Å². The van der Waals surface area contributed by atoms with E-state index in [-0.39, 0.29) is 0 Å². The van der Waals surface area contributed by atoms with Crippen molar-refractivity contribution in [2.24, 2.45) is 13.0 Å². The minimum Gasteiger partial charge on any atom is -0.302 e. The maximum atomic E-state index is 11.4. The van der Waals surface area contributed by atoms with Gasteiger partial charge in [-0.15, -0.1) is 0 Å². The number of hydrogen-bond donors (Lipinski definition) is 0. The highest BCUT2D eigenvalue weighted by Gasteiger charge is 2.27. The maximum absolute atomic E-state index is 11.4. The third-order valence-electron chi connectivity index (χ3n) is 4.33. The van der Waals surface area contributed by atoms with Gasteiger partial charge in [0.2, 0.25) is 0 Å². The molecule has 1 aliphatic rings. The smallest absolute Gasteiger partial charge is 0.150 e. The summed E-state index contributed by atoms with van der Waals surface area (Å²) in [5.74, 6) is 1.10. The van der Waals surface area contributed by atoms with Crippen molar-refractivity contribution in [3.8, 4) is 0 Å². The number of aromatic nitrogens is 2. The summed E-state index contributed by atoms with van der Waals surface area (Å²) in [7, 11) is 1.32. The molecule has 0 amide bonds. The molecule has 5 nitrogen and oxygen atoms in total. The van der Waals surface area contributed by atoms with Crippen molar-refractivity contribution in [1.29, 1.82) is 0 Å². The first-order valence-corrected chi connectivity index (χ1v) is 8.98. The van der Waals surface area contributed by atoms with Crippen LogP contribution < -0.4 is 0 Å². The minimum absolute atomic E-state index is 0.346. The molecule has 0 saturated carbocycles. The first kappa shape index (κ1) is 15.5. The monoisotopic (exact) mass is 299 g/mol. The molecule has 1 fully saturated rings.